The monoisotopic (exact) mass is 306 g/mol. The number of aromatic nitrogens is 2. The Bertz CT molecular complexity index is 641. The van der Waals surface area contributed by atoms with Crippen LogP contribution in [0.15, 0.2) is 30.6 Å². The molecule has 1 aromatic heterocycles. The Labute approximate surface area is 128 Å². The molecule has 0 saturated carbocycles. The fourth-order valence-corrected chi connectivity index (χ4v) is 2.73. The molecular formula is C15H16ClFN4. The first-order valence-corrected chi connectivity index (χ1v) is 7.26. The van der Waals surface area contributed by atoms with Crippen LogP contribution in [0.2, 0.25) is 5.15 Å². The van der Waals surface area contributed by atoms with Gasteiger partial charge in [0.25, 0.3) is 0 Å². The molecule has 1 fully saturated rings. The summed E-state index contributed by atoms with van der Waals surface area (Å²) in [6.07, 6.45) is 1.48. The molecule has 1 aliphatic rings. The standard InChI is InChI=1S/C15H16ClFN4/c1-11-14(16)18-10-19-15(11)21-8-6-20(7-9-21)13-5-3-2-4-12(13)17/h2-5,10H,6-9H2,1H3. The van der Waals surface area contributed by atoms with Crippen LogP contribution >= 0.6 is 11.6 Å². The van der Waals surface area contributed by atoms with Crippen molar-refractivity contribution >= 4 is 23.1 Å². The number of hydrogen-bond acceptors (Lipinski definition) is 4. The molecule has 1 saturated heterocycles. The summed E-state index contributed by atoms with van der Waals surface area (Å²) in [4.78, 5) is 12.5. The molecule has 0 bridgehead atoms. The van der Waals surface area contributed by atoms with Gasteiger partial charge in [0, 0.05) is 31.7 Å². The van der Waals surface area contributed by atoms with Crippen molar-refractivity contribution in [1.29, 1.82) is 0 Å². The van der Waals surface area contributed by atoms with Crippen molar-refractivity contribution in [2.45, 2.75) is 6.92 Å². The largest absolute Gasteiger partial charge is 0.366 e. The number of benzene rings is 1. The lowest BCUT2D eigenvalue weighted by Crippen LogP contribution is -2.47. The summed E-state index contributed by atoms with van der Waals surface area (Å²) in [6, 6.07) is 6.88. The van der Waals surface area contributed by atoms with E-state index in [0.29, 0.717) is 10.8 Å². The molecule has 21 heavy (non-hydrogen) atoms. The number of piperazine rings is 1. The first-order valence-electron chi connectivity index (χ1n) is 6.88. The Kier molecular flexibility index (Phi) is 3.92. The average Bonchev–Trinajstić information content (AvgIpc) is 2.51. The first kappa shape index (κ1) is 14.1. The quantitative estimate of drug-likeness (QED) is 0.799. The normalized spacial score (nSPS) is 15.4. The second-order valence-electron chi connectivity index (χ2n) is 5.04. The van der Waals surface area contributed by atoms with Crippen LogP contribution in [0.3, 0.4) is 0 Å². The topological polar surface area (TPSA) is 32.3 Å². The molecule has 2 aromatic rings. The van der Waals surface area contributed by atoms with Crippen LogP contribution in [0.1, 0.15) is 5.56 Å². The van der Waals surface area contributed by atoms with Gasteiger partial charge < -0.3 is 9.80 Å². The molecule has 110 valence electrons. The van der Waals surface area contributed by atoms with Crippen LogP contribution in [0.25, 0.3) is 0 Å². The molecule has 0 atom stereocenters. The molecule has 3 rings (SSSR count). The maximum absolute atomic E-state index is 13.8. The van der Waals surface area contributed by atoms with Crippen LogP contribution in [0.5, 0.6) is 0 Å². The van der Waals surface area contributed by atoms with E-state index in [2.05, 4.69) is 19.8 Å². The summed E-state index contributed by atoms with van der Waals surface area (Å²) >= 11 is 6.04. The van der Waals surface area contributed by atoms with Gasteiger partial charge in [-0.15, -0.1) is 0 Å². The van der Waals surface area contributed by atoms with Crippen molar-refractivity contribution in [3.05, 3.63) is 47.1 Å². The third-order valence-corrected chi connectivity index (χ3v) is 4.15. The van der Waals surface area contributed by atoms with E-state index in [-0.39, 0.29) is 5.82 Å². The number of nitrogens with zero attached hydrogens (tertiary/aromatic N) is 4. The molecule has 4 nitrogen and oxygen atoms in total. The maximum atomic E-state index is 13.8. The lowest BCUT2D eigenvalue weighted by Gasteiger charge is -2.37. The third-order valence-electron chi connectivity index (χ3n) is 3.77. The highest BCUT2D eigenvalue weighted by Gasteiger charge is 2.21. The number of rotatable bonds is 2. The molecule has 1 aromatic carbocycles. The minimum atomic E-state index is -0.174. The Balaban J connectivity index is 1.74. The van der Waals surface area contributed by atoms with E-state index in [1.807, 2.05) is 19.1 Å². The van der Waals surface area contributed by atoms with Gasteiger partial charge in [-0.3, -0.25) is 0 Å². The maximum Gasteiger partial charge on any atom is 0.146 e. The van der Waals surface area contributed by atoms with Gasteiger partial charge >= 0.3 is 0 Å². The van der Waals surface area contributed by atoms with E-state index in [1.54, 1.807) is 6.07 Å². The summed E-state index contributed by atoms with van der Waals surface area (Å²) in [6.45, 7) is 4.98. The van der Waals surface area contributed by atoms with Crippen molar-refractivity contribution in [2.24, 2.45) is 0 Å². The number of halogens is 2. The van der Waals surface area contributed by atoms with E-state index in [0.717, 1.165) is 37.6 Å². The lowest BCUT2D eigenvalue weighted by molar-refractivity contribution is 0.595. The predicted octanol–water partition coefficient (Wildman–Crippen LogP) is 2.90. The van der Waals surface area contributed by atoms with E-state index < -0.39 is 0 Å². The smallest absolute Gasteiger partial charge is 0.146 e. The molecule has 0 spiro atoms. The van der Waals surface area contributed by atoms with Gasteiger partial charge in [-0.1, -0.05) is 23.7 Å². The summed E-state index contributed by atoms with van der Waals surface area (Å²) in [5.41, 5.74) is 1.55. The SMILES string of the molecule is Cc1c(Cl)ncnc1N1CCN(c2ccccc2F)CC1. The van der Waals surface area contributed by atoms with Gasteiger partial charge in [-0.2, -0.15) is 0 Å². The second-order valence-corrected chi connectivity index (χ2v) is 5.40. The molecule has 0 N–H and O–H groups in total. The van der Waals surface area contributed by atoms with Gasteiger partial charge in [0.2, 0.25) is 0 Å². The second kappa shape index (κ2) is 5.85. The van der Waals surface area contributed by atoms with Crippen molar-refractivity contribution in [3.8, 4) is 0 Å². The van der Waals surface area contributed by atoms with Gasteiger partial charge in [0.05, 0.1) is 5.69 Å². The Hall–Kier alpha value is -1.88. The minimum Gasteiger partial charge on any atom is -0.366 e. The highest BCUT2D eigenvalue weighted by atomic mass is 35.5. The van der Waals surface area contributed by atoms with Crippen LogP contribution < -0.4 is 9.80 Å². The molecule has 0 radical (unpaired) electrons. The molecule has 0 unspecified atom stereocenters. The molecule has 0 aliphatic carbocycles. The summed E-state index contributed by atoms with van der Waals surface area (Å²) in [7, 11) is 0. The fraction of sp³-hybridized carbons (Fsp3) is 0.333. The zero-order valence-corrected chi connectivity index (χ0v) is 12.5. The zero-order valence-electron chi connectivity index (χ0n) is 11.8. The van der Waals surface area contributed by atoms with Crippen molar-refractivity contribution in [2.75, 3.05) is 36.0 Å². The van der Waals surface area contributed by atoms with Crippen LogP contribution in [0.4, 0.5) is 15.9 Å². The molecular weight excluding hydrogens is 291 g/mol. The molecule has 2 heterocycles. The van der Waals surface area contributed by atoms with Gasteiger partial charge in [0.1, 0.15) is 23.1 Å². The van der Waals surface area contributed by atoms with Crippen molar-refractivity contribution in [3.63, 3.8) is 0 Å². The fourth-order valence-electron chi connectivity index (χ4n) is 2.61. The van der Waals surface area contributed by atoms with E-state index in [1.165, 1.54) is 12.4 Å². The number of hydrogen-bond donors (Lipinski definition) is 0. The van der Waals surface area contributed by atoms with Crippen molar-refractivity contribution in [1.82, 2.24) is 9.97 Å². The van der Waals surface area contributed by atoms with Crippen molar-refractivity contribution < 1.29 is 4.39 Å². The van der Waals surface area contributed by atoms with Gasteiger partial charge in [-0.25, -0.2) is 14.4 Å². The summed E-state index contributed by atoms with van der Waals surface area (Å²) in [5.74, 6) is 0.690. The number of para-hydroxylation sites is 1. The molecule has 0 amide bonds. The van der Waals surface area contributed by atoms with E-state index in [4.69, 9.17) is 11.6 Å². The van der Waals surface area contributed by atoms with Crippen LogP contribution in [-0.4, -0.2) is 36.1 Å². The lowest BCUT2D eigenvalue weighted by atomic mass is 10.2. The van der Waals surface area contributed by atoms with E-state index in [9.17, 15) is 4.39 Å². The number of anilines is 2. The Morgan fingerprint density at radius 3 is 2.43 bits per heavy atom. The van der Waals surface area contributed by atoms with Gasteiger partial charge in [0.15, 0.2) is 0 Å². The first-order chi connectivity index (χ1) is 10.2. The highest BCUT2D eigenvalue weighted by molar-refractivity contribution is 6.30. The summed E-state index contributed by atoms with van der Waals surface area (Å²) in [5, 5.41) is 0.483. The third kappa shape index (κ3) is 2.78. The van der Waals surface area contributed by atoms with Crippen LogP contribution in [0, 0.1) is 12.7 Å². The highest BCUT2D eigenvalue weighted by Crippen LogP contribution is 2.25. The zero-order chi connectivity index (χ0) is 14.8. The summed E-state index contributed by atoms with van der Waals surface area (Å²) < 4.78 is 13.8. The van der Waals surface area contributed by atoms with Crippen LogP contribution in [-0.2, 0) is 0 Å². The Morgan fingerprint density at radius 2 is 1.71 bits per heavy atom. The molecule has 1 aliphatic heterocycles. The van der Waals surface area contributed by atoms with E-state index >= 15 is 0 Å². The predicted molar refractivity (Wildman–Crippen MR) is 82.6 cm³/mol. The minimum absolute atomic E-state index is 0.174. The Morgan fingerprint density at radius 1 is 1.05 bits per heavy atom. The molecule has 6 heteroatoms. The van der Waals surface area contributed by atoms with Gasteiger partial charge in [-0.05, 0) is 19.1 Å². The average molecular weight is 307 g/mol.